The first-order chi connectivity index (χ1) is 14.1. The molecule has 0 amide bonds. The number of halogens is 1. The van der Waals surface area contributed by atoms with Gasteiger partial charge < -0.3 is 9.30 Å². The molecule has 0 fully saturated rings. The lowest BCUT2D eigenvalue weighted by Gasteiger charge is -2.14. The van der Waals surface area contributed by atoms with Crippen LogP contribution in [0.2, 0.25) is 0 Å². The van der Waals surface area contributed by atoms with Gasteiger partial charge >= 0.3 is 0 Å². The minimum absolute atomic E-state index is 0.242. The number of benzene rings is 3. The van der Waals surface area contributed by atoms with Crippen molar-refractivity contribution in [3.05, 3.63) is 84.2 Å². The fourth-order valence-electron chi connectivity index (χ4n) is 3.61. The van der Waals surface area contributed by atoms with Crippen LogP contribution in [0.4, 0.5) is 4.39 Å². The Morgan fingerprint density at radius 1 is 0.931 bits per heavy atom. The standard InChI is InChI=1S/C25H25FN2O/c1-18(2)21-8-3-6-11-24(21)29-17-7-16-28-23-10-5-4-9-22(23)27-25(28)19-12-14-20(26)15-13-19/h3-6,8-15,18H,7,16-17H2,1-2H3. The van der Waals surface area contributed by atoms with Crippen molar-refractivity contribution in [1.29, 1.82) is 0 Å². The smallest absolute Gasteiger partial charge is 0.141 e. The molecule has 3 nitrogen and oxygen atoms in total. The summed E-state index contributed by atoms with van der Waals surface area (Å²) in [7, 11) is 0. The summed E-state index contributed by atoms with van der Waals surface area (Å²) in [5.74, 6) is 1.99. The highest BCUT2D eigenvalue weighted by Crippen LogP contribution is 2.27. The lowest BCUT2D eigenvalue weighted by molar-refractivity contribution is 0.299. The summed E-state index contributed by atoms with van der Waals surface area (Å²) in [6.07, 6.45) is 0.848. The van der Waals surface area contributed by atoms with Crippen LogP contribution in [0.15, 0.2) is 72.8 Å². The molecule has 3 aromatic carbocycles. The van der Waals surface area contributed by atoms with Gasteiger partial charge in [-0.25, -0.2) is 9.37 Å². The number of aryl methyl sites for hydroxylation is 1. The van der Waals surface area contributed by atoms with Gasteiger partial charge in [-0.1, -0.05) is 44.2 Å². The van der Waals surface area contributed by atoms with E-state index in [1.54, 1.807) is 12.1 Å². The molecule has 0 spiro atoms. The van der Waals surface area contributed by atoms with Crippen LogP contribution in [-0.2, 0) is 6.54 Å². The first-order valence-electron chi connectivity index (χ1n) is 10.1. The minimum atomic E-state index is -0.242. The van der Waals surface area contributed by atoms with Gasteiger partial charge in [0, 0.05) is 12.1 Å². The number of aromatic nitrogens is 2. The van der Waals surface area contributed by atoms with Crippen LogP contribution in [-0.4, -0.2) is 16.2 Å². The lowest BCUT2D eigenvalue weighted by Crippen LogP contribution is -2.07. The summed E-state index contributed by atoms with van der Waals surface area (Å²) in [4.78, 5) is 4.79. The maximum atomic E-state index is 13.4. The fourth-order valence-corrected chi connectivity index (χ4v) is 3.61. The van der Waals surface area contributed by atoms with Gasteiger partial charge in [0.25, 0.3) is 0 Å². The van der Waals surface area contributed by atoms with E-state index in [-0.39, 0.29) is 5.82 Å². The predicted octanol–water partition coefficient (Wildman–Crippen LogP) is 6.43. The third kappa shape index (κ3) is 4.16. The van der Waals surface area contributed by atoms with Crippen molar-refractivity contribution in [1.82, 2.24) is 9.55 Å². The van der Waals surface area contributed by atoms with Crippen LogP contribution in [0, 0.1) is 5.82 Å². The Labute approximate surface area is 170 Å². The molecule has 0 atom stereocenters. The molecule has 0 bridgehead atoms. The Bertz CT molecular complexity index is 1100. The summed E-state index contributed by atoms with van der Waals surface area (Å²) in [6.45, 7) is 5.75. The molecule has 0 saturated heterocycles. The topological polar surface area (TPSA) is 27.1 Å². The predicted molar refractivity (Wildman–Crippen MR) is 116 cm³/mol. The highest BCUT2D eigenvalue weighted by Gasteiger charge is 2.13. The molecular formula is C25H25FN2O. The van der Waals surface area contributed by atoms with E-state index in [2.05, 4.69) is 36.6 Å². The number of ether oxygens (including phenoxy) is 1. The van der Waals surface area contributed by atoms with Crippen LogP contribution in [0.25, 0.3) is 22.4 Å². The van der Waals surface area contributed by atoms with Gasteiger partial charge in [0.2, 0.25) is 0 Å². The van der Waals surface area contributed by atoms with E-state index in [9.17, 15) is 4.39 Å². The molecule has 0 aliphatic heterocycles. The normalized spacial score (nSPS) is 11.3. The van der Waals surface area contributed by atoms with Crippen molar-refractivity contribution in [2.24, 2.45) is 0 Å². The summed E-state index contributed by atoms with van der Waals surface area (Å²) >= 11 is 0. The van der Waals surface area contributed by atoms with Crippen LogP contribution in [0.3, 0.4) is 0 Å². The Hall–Kier alpha value is -3.14. The van der Waals surface area contributed by atoms with Crippen molar-refractivity contribution in [2.45, 2.75) is 32.7 Å². The molecule has 4 heteroatoms. The van der Waals surface area contributed by atoms with E-state index < -0.39 is 0 Å². The van der Waals surface area contributed by atoms with Crippen LogP contribution >= 0.6 is 0 Å². The molecule has 1 aromatic heterocycles. The van der Waals surface area contributed by atoms with Crippen molar-refractivity contribution in [2.75, 3.05) is 6.61 Å². The summed E-state index contributed by atoms with van der Waals surface area (Å²) < 4.78 is 21.6. The second-order valence-corrected chi connectivity index (χ2v) is 7.48. The molecule has 0 radical (unpaired) electrons. The zero-order valence-electron chi connectivity index (χ0n) is 16.8. The van der Waals surface area contributed by atoms with Gasteiger partial charge in [-0.05, 0) is 60.4 Å². The molecule has 29 heavy (non-hydrogen) atoms. The van der Waals surface area contributed by atoms with E-state index in [1.807, 2.05) is 30.3 Å². The van der Waals surface area contributed by atoms with Gasteiger partial charge in [0.15, 0.2) is 0 Å². The van der Waals surface area contributed by atoms with Gasteiger partial charge in [0.1, 0.15) is 17.4 Å². The Balaban J connectivity index is 1.53. The van der Waals surface area contributed by atoms with Crippen LogP contribution in [0.1, 0.15) is 31.7 Å². The van der Waals surface area contributed by atoms with Crippen LogP contribution < -0.4 is 4.74 Å². The van der Waals surface area contributed by atoms with Crippen molar-refractivity contribution in [3.63, 3.8) is 0 Å². The largest absolute Gasteiger partial charge is 0.493 e. The summed E-state index contributed by atoms with van der Waals surface area (Å²) in [5, 5.41) is 0. The zero-order valence-corrected chi connectivity index (χ0v) is 16.8. The second-order valence-electron chi connectivity index (χ2n) is 7.48. The summed E-state index contributed by atoms with van der Waals surface area (Å²) in [5.41, 5.74) is 4.16. The van der Waals surface area contributed by atoms with Gasteiger partial charge in [0.05, 0.1) is 17.6 Å². The third-order valence-electron chi connectivity index (χ3n) is 5.08. The SMILES string of the molecule is CC(C)c1ccccc1OCCCn1c(-c2ccc(F)cc2)nc2ccccc21. The third-order valence-corrected chi connectivity index (χ3v) is 5.08. The van der Waals surface area contributed by atoms with Crippen molar-refractivity contribution < 1.29 is 9.13 Å². The lowest BCUT2D eigenvalue weighted by atomic mass is 10.0. The Morgan fingerprint density at radius 2 is 1.66 bits per heavy atom. The minimum Gasteiger partial charge on any atom is -0.493 e. The number of hydrogen-bond acceptors (Lipinski definition) is 2. The number of fused-ring (bicyclic) bond motifs is 1. The molecule has 4 aromatic rings. The number of nitrogens with zero attached hydrogens (tertiary/aromatic N) is 2. The Kier molecular flexibility index (Phi) is 5.61. The monoisotopic (exact) mass is 388 g/mol. The molecule has 0 aliphatic carbocycles. The molecule has 0 N–H and O–H groups in total. The molecule has 1 heterocycles. The van der Waals surface area contributed by atoms with E-state index in [0.29, 0.717) is 12.5 Å². The van der Waals surface area contributed by atoms with Gasteiger partial charge in [-0.15, -0.1) is 0 Å². The number of para-hydroxylation sites is 3. The average molecular weight is 388 g/mol. The molecule has 148 valence electrons. The first kappa shape index (κ1) is 19.2. The van der Waals surface area contributed by atoms with Gasteiger partial charge in [-0.2, -0.15) is 0 Å². The molecule has 0 aliphatic rings. The first-order valence-corrected chi connectivity index (χ1v) is 10.1. The molecule has 4 rings (SSSR count). The number of imidazole rings is 1. The molecular weight excluding hydrogens is 363 g/mol. The van der Waals surface area contributed by atoms with E-state index in [0.717, 1.165) is 41.1 Å². The van der Waals surface area contributed by atoms with E-state index in [4.69, 9.17) is 9.72 Å². The molecule has 0 saturated carbocycles. The van der Waals surface area contributed by atoms with Gasteiger partial charge in [-0.3, -0.25) is 0 Å². The Morgan fingerprint density at radius 3 is 2.45 bits per heavy atom. The zero-order chi connectivity index (χ0) is 20.2. The fraction of sp³-hybridized carbons (Fsp3) is 0.240. The van der Waals surface area contributed by atoms with Crippen molar-refractivity contribution in [3.8, 4) is 17.1 Å². The second kappa shape index (κ2) is 8.48. The number of rotatable bonds is 7. The average Bonchev–Trinajstić information content (AvgIpc) is 3.10. The summed E-state index contributed by atoms with van der Waals surface area (Å²) in [6, 6.07) is 22.8. The van der Waals surface area contributed by atoms with E-state index in [1.165, 1.54) is 17.7 Å². The van der Waals surface area contributed by atoms with Crippen LogP contribution in [0.5, 0.6) is 5.75 Å². The van der Waals surface area contributed by atoms with Crippen molar-refractivity contribution >= 4 is 11.0 Å². The quantitative estimate of drug-likeness (QED) is 0.341. The van der Waals surface area contributed by atoms with E-state index >= 15 is 0 Å². The maximum absolute atomic E-state index is 13.4. The highest BCUT2D eigenvalue weighted by atomic mass is 19.1. The number of hydrogen-bond donors (Lipinski definition) is 0. The molecule has 0 unspecified atom stereocenters. The maximum Gasteiger partial charge on any atom is 0.141 e. The highest BCUT2D eigenvalue weighted by molar-refractivity contribution is 5.80.